The van der Waals surface area contributed by atoms with E-state index in [-0.39, 0.29) is 11.3 Å². The summed E-state index contributed by atoms with van der Waals surface area (Å²) >= 11 is 0. The number of carbonyl (C=O) groups is 1. The number of benzene rings is 1. The Labute approximate surface area is 120 Å². The number of halogens is 2. The van der Waals surface area contributed by atoms with Crippen LogP contribution in [0.15, 0.2) is 18.2 Å². The zero-order valence-corrected chi connectivity index (χ0v) is 11.3. The Morgan fingerprint density at radius 1 is 1.14 bits per heavy atom. The van der Waals surface area contributed by atoms with Gasteiger partial charge >= 0.3 is 0 Å². The van der Waals surface area contributed by atoms with E-state index in [4.69, 9.17) is 0 Å². The first-order valence-electron chi connectivity index (χ1n) is 7.09. The van der Waals surface area contributed by atoms with Crippen molar-refractivity contribution in [3.63, 3.8) is 0 Å². The van der Waals surface area contributed by atoms with Crippen LogP contribution in [0.5, 0.6) is 0 Å². The molecule has 2 saturated heterocycles. The molecule has 0 saturated carbocycles. The van der Waals surface area contributed by atoms with Gasteiger partial charge in [0.15, 0.2) is 0 Å². The molecule has 1 amide bonds. The minimum atomic E-state index is -0.650. The average Bonchev–Trinajstić information content (AvgIpc) is 3.09. The maximum Gasteiger partial charge on any atom is 0.270 e. The predicted octanol–water partition coefficient (Wildman–Crippen LogP) is 1.74. The molecule has 2 aromatic rings. The molecular weight excluding hydrogens is 276 g/mol. The lowest BCUT2D eigenvalue weighted by molar-refractivity contribution is 0.0777. The largest absolute Gasteiger partial charge is 0.350 e. The van der Waals surface area contributed by atoms with E-state index in [1.807, 2.05) is 0 Å². The van der Waals surface area contributed by atoms with Gasteiger partial charge in [-0.2, -0.15) is 0 Å². The number of fused-ring (bicyclic) bond motifs is 2. The van der Waals surface area contributed by atoms with Crippen molar-refractivity contribution in [3.05, 3.63) is 35.5 Å². The smallest absolute Gasteiger partial charge is 0.270 e. The number of aromatic amines is 1. The first kappa shape index (κ1) is 12.8. The van der Waals surface area contributed by atoms with Gasteiger partial charge in [0.25, 0.3) is 5.91 Å². The molecule has 2 aliphatic heterocycles. The molecule has 1 aromatic heterocycles. The van der Waals surface area contributed by atoms with Gasteiger partial charge in [0, 0.05) is 37.6 Å². The Kier molecular flexibility index (Phi) is 2.75. The Balaban J connectivity index is 1.64. The van der Waals surface area contributed by atoms with Crippen molar-refractivity contribution in [1.29, 1.82) is 0 Å². The first-order valence-corrected chi connectivity index (χ1v) is 7.09. The predicted molar refractivity (Wildman–Crippen MR) is 74.0 cm³/mol. The van der Waals surface area contributed by atoms with E-state index in [9.17, 15) is 13.6 Å². The molecule has 0 spiro atoms. The molecular formula is C15H15F2N3O. The van der Waals surface area contributed by atoms with Gasteiger partial charge in [0.05, 0.1) is 5.52 Å². The van der Waals surface area contributed by atoms with Crippen LogP contribution in [0.3, 0.4) is 0 Å². The van der Waals surface area contributed by atoms with Crippen molar-refractivity contribution in [3.8, 4) is 0 Å². The van der Waals surface area contributed by atoms with Crippen LogP contribution in [0.25, 0.3) is 10.9 Å². The van der Waals surface area contributed by atoms with Gasteiger partial charge in [-0.25, -0.2) is 8.78 Å². The summed E-state index contributed by atoms with van der Waals surface area (Å²) in [7, 11) is 0. The van der Waals surface area contributed by atoms with Crippen LogP contribution in [0.1, 0.15) is 10.5 Å². The lowest BCUT2D eigenvalue weighted by Crippen LogP contribution is -2.32. The van der Waals surface area contributed by atoms with Gasteiger partial charge in [-0.3, -0.25) is 4.79 Å². The van der Waals surface area contributed by atoms with Gasteiger partial charge in [-0.15, -0.1) is 0 Å². The molecule has 21 heavy (non-hydrogen) atoms. The van der Waals surface area contributed by atoms with Gasteiger partial charge < -0.3 is 15.2 Å². The van der Waals surface area contributed by atoms with Crippen LogP contribution in [-0.4, -0.2) is 42.0 Å². The molecule has 4 rings (SSSR count). The van der Waals surface area contributed by atoms with Crippen molar-refractivity contribution in [2.24, 2.45) is 11.8 Å². The Bertz CT molecular complexity index is 715. The summed E-state index contributed by atoms with van der Waals surface area (Å²) in [6, 6.07) is 3.51. The maximum absolute atomic E-state index is 13.7. The number of likely N-dealkylation sites (tertiary alicyclic amines) is 1. The number of nitrogens with zero attached hydrogens (tertiary/aromatic N) is 1. The van der Waals surface area contributed by atoms with E-state index >= 15 is 0 Å². The van der Waals surface area contributed by atoms with Crippen molar-refractivity contribution in [1.82, 2.24) is 15.2 Å². The van der Waals surface area contributed by atoms with Crippen LogP contribution in [-0.2, 0) is 0 Å². The first-order chi connectivity index (χ1) is 10.1. The molecule has 2 N–H and O–H groups in total. The van der Waals surface area contributed by atoms with Crippen molar-refractivity contribution in [2.75, 3.05) is 26.2 Å². The summed E-state index contributed by atoms with van der Waals surface area (Å²) < 4.78 is 26.9. The van der Waals surface area contributed by atoms with Crippen LogP contribution < -0.4 is 5.32 Å². The van der Waals surface area contributed by atoms with E-state index in [0.29, 0.717) is 23.0 Å². The standard InChI is InChI=1S/C15H15F2N3O/c16-10-1-12(17)11-3-14(19-13(11)2-10)15(21)20-6-8-4-18-5-9(8)7-20/h1-3,8-9,18-19H,4-7H2. The van der Waals surface area contributed by atoms with Gasteiger partial charge in [0.1, 0.15) is 17.3 Å². The fourth-order valence-corrected chi connectivity index (χ4v) is 3.47. The van der Waals surface area contributed by atoms with E-state index in [0.717, 1.165) is 32.2 Å². The van der Waals surface area contributed by atoms with Crippen LogP contribution in [0, 0.1) is 23.5 Å². The summed E-state index contributed by atoms with van der Waals surface area (Å²) in [6.07, 6.45) is 0. The lowest BCUT2D eigenvalue weighted by Gasteiger charge is -2.16. The second-order valence-corrected chi connectivity index (χ2v) is 5.92. The number of hydrogen-bond acceptors (Lipinski definition) is 2. The fraction of sp³-hybridized carbons (Fsp3) is 0.400. The second kappa shape index (κ2) is 4.53. The van der Waals surface area contributed by atoms with Crippen LogP contribution >= 0.6 is 0 Å². The normalized spacial score (nSPS) is 24.8. The highest BCUT2D eigenvalue weighted by molar-refractivity contribution is 5.98. The molecule has 6 heteroatoms. The number of carbonyl (C=O) groups excluding carboxylic acids is 1. The summed E-state index contributed by atoms with van der Waals surface area (Å²) in [5.74, 6) is -0.425. The number of hydrogen-bond donors (Lipinski definition) is 2. The third-order valence-electron chi connectivity index (χ3n) is 4.56. The summed E-state index contributed by atoms with van der Waals surface area (Å²) in [5.41, 5.74) is 0.638. The Hall–Kier alpha value is -1.95. The molecule has 3 heterocycles. The molecule has 1 aromatic carbocycles. The zero-order valence-electron chi connectivity index (χ0n) is 11.3. The number of rotatable bonds is 1. The fourth-order valence-electron chi connectivity index (χ4n) is 3.47. The average molecular weight is 291 g/mol. The molecule has 0 aliphatic carbocycles. The highest BCUT2D eigenvalue weighted by Crippen LogP contribution is 2.28. The number of H-pyrrole nitrogens is 1. The molecule has 2 atom stereocenters. The zero-order chi connectivity index (χ0) is 14.6. The minimum absolute atomic E-state index is 0.139. The SMILES string of the molecule is O=C(c1cc2c(F)cc(F)cc2[nH]1)N1CC2CNCC2C1. The van der Waals surface area contributed by atoms with E-state index < -0.39 is 11.6 Å². The molecule has 0 bridgehead atoms. The summed E-state index contributed by atoms with van der Waals surface area (Å²) in [6.45, 7) is 3.34. The number of amides is 1. The second-order valence-electron chi connectivity index (χ2n) is 5.92. The number of aromatic nitrogens is 1. The third kappa shape index (κ3) is 2.01. The Morgan fingerprint density at radius 2 is 1.86 bits per heavy atom. The summed E-state index contributed by atoms with van der Waals surface area (Å²) in [4.78, 5) is 17.1. The molecule has 110 valence electrons. The Morgan fingerprint density at radius 3 is 2.57 bits per heavy atom. The van der Waals surface area contributed by atoms with Crippen LogP contribution in [0.2, 0.25) is 0 Å². The highest BCUT2D eigenvalue weighted by atomic mass is 19.1. The maximum atomic E-state index is 13.7. The molecule has 4 nitrogen and oxygen atoms in total. The molecule has 2 aliphatic rings. The van der Waals surface area contributed by atoms with Crippen molar-refractivity contribution >= 4 is 16.8 Å². The van der Waals surface area contributed by atoms with E-state index in [2.05, 4.69) is 10.3 Å². The third-order valence-corrected chi connectivity index (χ3v) is 4.56. The minimum Gasteiger partial charge on any atom is -0.350 e. The van der Waals surface area contributed by atoms with Crippen LogP contribution in [0.4, 0.5) is 8.78 Å². The van der Waals surface area contributed by atoms with Gasteiger partial charge in [-0.1, -0.05) is 0 Å². The van der Waals surface area contributed by atoms with E-state index in [1.54, 1.807) is 4.90 Å². The molecule has 2 unspecified atom stereocenters. The summed E-state index contributed by atoms with van der Waals surface area (Å²) in [5, 5.41) is 3.57. The topological polar surface area (TPSA) is 48.1 Å². The molecule has 0 radical (unpaired) electrons. The van der Waals surface area contributed by atoms with E-state index in [1.165, 1.54) is 12.1 Å². The monoisotopic (exact) mass is 291 g/mol. The number of nitrogens with one attached hydrogen (secondary N) is 2. The van der Waals surface area contributed by atoms with Crippen molar-refractivity contribution < 1.29 is 13.6 Å². The quantitative estimate of drug-likeness (QED) is 0.841. The lowest BCUT2D eigenvalue weighted by atomic mass is 10.0. The highest BCUT2D eigenvalue weighted by Gasteiger charge is 2.38. The van der Waals surface area contributed by atoms with Crippen molar-refractivity contribution in [2.45, 2.75) is 0 Å². The van der Waals surface area contributed by atoms with Gasteiger partial charge in [0.2, 0.25) is 0 Å². The van der Waals surface area contributed by atoms with Gasteiger partial charge in [-0.05, 0) is 24.0 Å². The molecule has 2 fully saturated rings.